The van der Waals surface area contributed by atoms with E-state index in [4.69, 9.17) is 4.74 Å². The van der Waals surface area contributed by atoms with Crippen LogP contribution in [0.2, 0.25) is 0 Å². The predicted molar refractivity (Wildman–Crippen MR) is 153 cm³/mol. The van der Waals surface area contributed by atoms with Gasteiger partial charge in [0.05, 0.1) is 11.7 Å². The van der Waals surface area contributed by atoms with Gasteiger partial charge in [-0.25, -0.2) is 0 Å². The van der Waals surface area contributed by atoms with Gasteiger partial charge in [0.2, 0.25) is 5.91 Å². The van der Waals surface area contributed by atoms with Crippen LogP contribution in [0.4, 0.5) is 11.4 Å². The largest absolute Gasteiger partial charge is 0.376 e. The summed E-state index contributed by atoms with van der Waals surface area (Å²) in [4.78, 5) is 28.4. The summed E-state index contributed by atoms with van der Waals surface area (Å²) in [5, 5.41) is 6.16. The fourth-order valence-electron chi connectivity index (χ4n) is 6.36. The first kappa shape index (κ1) is 26.7. The van der Waals surface area contributed by atoms with Crippen LogP contribution in [0.3, 0.4) is 0 Å². The second-order valence-electron chi connectivity index (χ2n) is 11.4. The molecule has 6 nitrogen and oxygen atoms in total. The maximum Gasteiger partial charge on any atom is 0.253 e. The van der Waals surface area contributed by atoms with E-state index < -0.39 is 0 Å². The summed E-state index contributed by atoms with van der Waals surface area (Å²) in [5.41, 5.74) is 3.69. The monoisotopic (exact) mass is 517 g/mol. The van der Waals surface area contributed by atoms with Crippen molar-refractivity contribution in [3.05, 3.63) is 59.7 Å². The van der Waals surface area contributed by atoms with Crippen molar-refractivity contribution in [2.24, 2.45) is 11.8 Å². The fraction of sp³-hybridized carbons (Fsp3) is 0.562. The molecule has 1 unspecified atom stereocenters. The summed E-state index contributed by atoms with van der Waals surface area (Å²) >= 11 is 0. The molecular weight excluding hydrogens is 474 g/mol. The zero-order chi connectivity index (χ0) is 26.2. The number of benzene rings is 2. The van der Waals surface area contributed by atoms with E-state index in [9.17, 15) is 9.59 Å². The summed E-state index contributed by atoms with van der Waals surface area (Å²) in [6, 6.07) is 16.6. The minimum Gasteiger partial charge on any atom is -0.376 e. The van der Waals surface area contributed by atoms with Gasteiger partial charge in [0.25, 0.3) is 5.91 Å². The molecule has 38 heavy (non-hydrogen) atoms. The van der Waals surface area contributed by atoms with Crippen molar-refractivity contribution < 1.29 is 14.3 Å². The number of carbonyl (C=O) groups excluding carboxylic acids is 2. The highest BCUT2D eigenvalue weighted by molar-refractivity contribution is 6.02. The molecule has 0 radical (unpaired) electrons. The Morgan fingerprint density at radius 1 is 0.895 bits per heavy atom. The van der Waals surface area contributed by atoms with E-state index in [-0.39, 0.29) is 17.9 Å². The van der Waals surface area contributed by atoms with Crippen LogP contribution in [0, 0.1) is 11.8 Å². The van der Waals surface area contributed by atoms with E-state index in [0.29, 0.717) is 36.1 Å². The number of nitrogens with one attached hydrogen (secondary N) is 2. The Hall–Kier alpha value is -2.86. The Kier molecular flexibility index (Phi) is 9.34. The number of rotatable bonds is 10. The van der Waals surface area contributed by atoms with Gasteiger partial charge in [0, 0.05) is 44.0 Å². The summed E-state index contributed by atoms with van der Waals surface area (Å²) in [5.74, 6) is 1.29. The number of carbonyl (C=O) groups is 2. The van der Waals surface area contributed by atoms with Crippen molar-refractivity contribution in [1.29, 1.82) is 0 Å². The predicted octanol–water partition coefficient (Wildman–Crippen LogP) is 5.96. The molecule has 0 bridgehead atoms. The van der Waals surface area contributed by atoms with E-state index in [1.807, 2.05) is 18.2 Å². The minimum absolute atomic E-state index is 0.0390. The van der Waals surface area contributed by atoms with Crippen molar-refractivity contribution >= 4 is 23.2 Å². The molecule has 2 aliphatic heterocycles. The Morgan fingerprint density at radius 2 is 1.68 bits per heavy atom. The van der Waals surface area contributed by atoms with Gasteiger partial charge < -0.3 is 20.3 Å². The molecule has 2 heterocycles. The molecule has 5 rings (SSSR count). The van der Waals surface area contributed by atoms with Crippen molar-refractivity contribution in [3.8, 4) is 0 Å². The highest BCUT2D eigenvalue weighted by Gasteiger charge is 2.25. The van der Waals surface area contributed by atoms with Gasteiger partial charge in [-0.15, -0.1) is 0 Å². The molecular formula is C32H43N3O3. The number of nitrogens with zero attached hydrogens (tertiary/aromatic N) is 1. The molecule has 2 N–H and O–H groups in total. The van der Waals surface area contributed by atoms with Crippen LogP contribution >= 0.6 is 0 Å². The molecule has 0 spiro atoms. The van der Waals surface area contributed by atoms with Crippen molar-refractivity contribution in [2.45, 2.75) is 76.7 Å². The lowest BCUT2D eigenvalue weighted by atomic mass is 9.89. The van der Waals surface area contributed by atoms with Crippen LogP contribution in [0.1, 0.15) is 80.1 Å². The average molecular weight is 518 g/mol. The number of ether oxygens (including phenoxy) is 1. The van der Waals surface area contributed by atoms with E-state index in [0.717, 1.165) is 63.9 Å². The molecule has 2 aromatic carbocycles. The van der Waals surface area contributed by atoms with Crippen LogP contribution in [-0.2, 0) is 16.0 Å². The van der Waals surface area contributed by atoms with E-state index in [1.54, 1.807) is 0 Å². The van der Waals surface area contributed by atoms with E-state index in [1.165, 1.54) is 31.2 Å². The second-order valence-corrected chi connectivity index (χ2v) is 11.4. The lowest BCUT2D eigenvalue weighted by molar-refractivity contribution is -0.116. The lowest BCUT2D eigenvalue weighted by Crippen LogP contribution is -2.37. The molecule has 2 aromatic rings. The second kappa shape index (κ2) is 13.3. The summed E-state index contributed by atoms with van der Waals surface area (Å²) < 4.78 is 5.71. The first-order valence-electron chi connectivity index (χ1n) is 14.8. The van der Waals surface area contributed by atoms with Crippen molar-refractivity contribution in [3.63, 3.8) is 0 Å². The molecule has 1 aliphatic carbocycles. The maximum atomic E-state index is 13.4. The van der Waals surface area contributed by atoms with Crippen LogP contribution in [-0.4, -0.2) is 44.2 Å². The third-order valence-electron chi connectivity index (χ3n) is 8.62. The number of hydrogen-bond acceptors (Lipinski definition) is 4. The third kappa shape index (κ3) is 7.37. The zero-order valence-electron chi connectivity index (χ0n) is 22.6. The average Bonchev–Trinajstić information content (AvgIpc) is 3.66. The number of amides is 2. The Labute approximate surface area is 227 Å². The molecule has 1 atom stereocenters. The fourth-order valence-corrected chi connectivity index (χ4v) is 6.36. The Balaban J connectivity index is 1.24. The summed E-state index contributed by atoms with van der Waals surface area (Å²) in [6.07, 6.45) is 12.0. The molecule has 6 heteroatoms. The smallest absolute Gasteiger partial charge is 0.253 e. The van der Waals surface area contributed by atoms with Crippen molar-refractivity contribution in [1.82, 2.24) is 5.32 Å². The van der Waals surface area contributed by atoms with Gasteiger partial charge >= 0.3 is 0 Å². The minimum atomic E-state index is -0.0936. The van der Waals surface area contributed by atoms with Gasteiger partial charge in [0.15, 0.2) is 0 Å². The SMILES string of the molecule is O=C(CCC1CCCC1)Nc1ccc(N2CCC(Cc3ccccc3)CC2)c(C(=O)NCC2CCCO2)c1. The molecule has 1 saturated carbocycles. The van der Waals surface area contributed by atoms with E-state index >= 15 is 0 Å². The lowest BCUT2D eigenvalue weighted by Gasteiger charge is -2.35. The molecule has 3 aliphatic rings. The Morgan fingerprint density at radius 3 is 2.42 bits per heavy atom. The standard InChI is InChI=1S/C32H43N3O3/c36-31(15-12-24-7-4-5-8-24)34-27-13-14-30(29(22-27)32(37)33-23-28-11-6-20-38-28)35-18-16-26(17-19-35)21-25-9-2-1-3-10-25/h1-3,9-10,13-14,22,24,26,28H,4-8,11-12,15-21,23H2,(H,33,37)(H,34,36). The van der Waals surface area contributed by atoms with Gasteiger partial charge in [-0.3, -0.25) is 9.59 Å². The van der Waals surface area contributed by atoms with E-state index in [2.05, 4.69) is 45.9 Å². The highest BCUT2D eigenvalue weighted by atomic mass is 16.5. The molecule has 2 amide bonds. The van der Waals surface area contributed by atoms with Crippen molar-refractivity contribution in [2.75, 3.05) is 36.5 Å². The summed E-state index contributed by atoms with van der Waals surface area (Å²) in [7, 11) is 0. The number of hydrogen-bond donors (Lipinski definition) is 2. The molecule has 3 fully saturated rings. The first-order chi connectivity index (χ1) is 18.6. The van der Waals surface area contributed by atoms with Gasteiger partial charge in [0.1, 0.15) is 0 Å². The molecule has 2 saturated heterocycles. The van der Waals surface area contributed by atoms with Gasteiger partial charge in [-0.1, -0.05) is 56.0 Å². The third-order valence-corrected chi connectivity index (χ3v) is 8.62. The van der Waals surface area contributed by atoms with Crippen LogP contribution < -0.4 is 15.5 Å². The Bertz CT molecular complexity index is 1050. The zero-order valence-corrected chi connectivity index (χ0v) is 22.6. The molecule has 204 valence electrons. The topological polar surface area (TPSA) is 70.7 Å². The summed E-state index contributed by atoms with van der Waals surface area (Å²) in [6.45, 7) is 3.15. The number of anilines is 2. The van der Waals surface area contributed by atoms with Crippen LogP contribution in [0.15, 0.2) is 48.5 Å². The van der Waals surface area contributed by atoms with Crippen LogP contribution in [0.25, 0.3) is 0 Å². The van der Waals surface area contributed by atoms with Gasteiger partial charge in [-0.05, 0) is 74.1 Å². The van der Waals surface area contributed by atoms with Crippen LogP contribution in [0.5, 0.6) is 0 Å². The quantitative estimate of drug-likeness (QED) is 0.408. The highest BCUT2D eigenvalue weighted by Crippen LogP contribution is 2.31. The number of piperidine rings is 1. The first-order valence-corrected chi connectivity index (χ1v) is 14.8. The van der Waals surface area contributed by atoms with Gasteiger partial charge in [-0.2, -0.15) is 0 Å². The molecule has 0 aromatic heterocycles. The maximum absolute atomic E-state index is 13.4. The normalized spacial score (nSPS) is 20.5.